The molecule has 1 aliphatic carbocycles. The molecule has 1 heterocycles. The number of carbonyl (C=O) groups excluding carboxylic acids is 1. The zero-order valence-electron chi connectivity index (χ0n) is 13.7. The molecule has 1 atom stereocenters. The Labute approximate surface area is 142 Å². The van der Waals surface area contributed by atoms with E-state index in [1.165, 1.54) is 25.7 Å². The normalized spacial score (nSPS) is 22.9. The summed E-state index contributed by atoms with van der Waals surface area (Å²) in [4.78, 5) is 12.5. The first-order valence-electron chi connectivity index (χ1n) is 8.47. The minimum Gasteiger partial charge on any atom is -0.348 e. The second kappa shape index (κ2) is 6.91. The molecule has 0 spiro atoms. The highest BCUT2D eigenvalue weighted by Gasteiger charge is 2.22. The van der Waals surface area contributed by atoms with Crippen LogP contribution in [0.2, 0.25) is 5.02 Å². The highest BCUT2D eigenvalue weighted by molar-refractivity contribution is 6.31. The average molecular weight is 334 g/mol. The van der Waals surface area contributed by atoms with E-state index in [-0.39, 0.29) is 11.9 Å². The monoisotopic (exact) mass is 333 g/mol. The predicted octanol–water partition coefficient (Wildman–Crippen LogP) is 4.55. The molecule has 2 aromatic rings. The zero-order chi connectivity index (χ0) is 16.4. The quantitative estimate of drug-likeness (QED) is 0.862. The fraction of sp³-hybridized carbons (Fsp3) is 0.556. The van der Waals surface area contributed by atoms with Crippen LogP contribution in [0.25, 0.3) is 10.9 Å². The smallest absolute Gasteiger partial charge is 0.272 e. The summed E-state index contributed by atoms with van der Waals surface area (Å²) in [6.45, 7) is 4.41. The minimum atomic E-state index is -0.129. The van der Waals surface area contributed by atoms with Crippen molar-refractivity contribution in [2.75, 3.05) is 0 Å². The molecule has 1 aromatic carbocycles. The summed E-state index contributed by atoms with van der Waals surface area (Å²) < 4.78 is 0. The van der Waals surface area contributed by atoms with Crippen LogP contribution in [0, 0.1) is 11.8 Å². The molecule has 1 aliphatic rings. The van der Waals surface area contributed by atoms with Gasteiger partial charge in [0, 0.05) is 16.5 Å². The summed E-state index contributed by atoms with van der Waals surface area (Å²) in [5.41, 5.74) is 1.25. The molecular formula is C18H24ClN3O. The number of benzene rings is 1. The van der Waals surface area contributed by atoms with Crippen molar-refractivity contribution < 1.29 is 4.79 Å². The van der Waals surface area contributed by atoms with Gasteiger partial charge in [-0.25, -0.2) is 0 Å². The molecule has 1 fully saturated rings. The van der Waals surface area contributed by atoms with Gasteiger partial charge in [-0.05, 0) is 43.4 Å². The van der Waals surface area contributed by atoms with Gasteiger partial charge in [-0.1, -0.05) is 44.2 Å². The third-order valence-electron chi connectivity index (χ3n) is 4.94. The molecule has 0 radical (unpaired) electrons. The number of carbonyl (C=O) groups is 1. The lowest BCUT2D eigenvalue weighted by molar-refractivity contribution is 0.0928. The average Bonchev–Trinajstić information content (AvgIpc) is 2.92. The Morgan fingerprint density at radius 3 is 2.87 bits per heavy atom. The lowest BCUT2D eigenvalue weighted by Gasteiger charge is -2.28. The summed E-state index contributed by atoms with van der Waals surface area (Å²) in [6.07, 6.45) is 6.23. The van der Waals surface area contributed by atoms with Crippen LogP contribution in [0.1, 0.15) is 56.4 Å². The van der Waals surface area contributed by atoms with Crippen LogP contribution in [0.15, 0.2) is 18.2 Å². The topological polar surface area (TPSA) is 57.8 Å². The zero-order valence-corrected chi connectivity index (χ0v) is 14.5. The third-order valence-corrected chi connectivity index (χ3v) is 5.17. The summed E-state index contributed by atoms with van der Waals surface area (Å²) in [7, 11) is 0. The van der Waals surface area contributed by atoms with Gasteiger partial charge in [-0.3, -0.25) is 9.89 Å². The van der Waals surface area contributed by atoms with Crippen LogP contribution in [-0.4, -0.2) is 22.1 Å². The van der Waals surface area contributed by atoms with Gasteiger partial charge in [0.05, 0.1) is 5.52 Å². The van der Waals surface area contributed by atoms with Crippen LogP contribution < -0.4 is 5.32 Å². The van der Waals surface area contributed by atoms with Crippen molar-refractivity contribution in [3.8, 4) is 0 Å². The fourth-order valence-electron chi connectivity index (χ4n) is 3.58. The molecule has 124 valence electrons. The molecule has 2 N–H and O–H groups in total. The number of nitrogens with one attached hydrogen (secondary N) is 2. The molecule has 0 saturated heterocycles. The number of halogens is 1. The fourth-order valence-corrected chi connectivity index (χ4v) is 3.75. The summed E-state index contributed by atoms with van der Waals surface area (Å²) in [6, 6.07) is 5.57. The maximum atomic E-state index is 12.5. The van der Waals surface area contributed by atoms with Gasteiger partial charge >= 0.3 is 0 Å². The molecule has 23 heavy (non-hydrogen) atoms. The Bertz CT molecular complexity index is 689. The van der Waals surface area contributed by atoms with E-state index in [0.29, 0.717) is 10.7 Å². The number of hydrogen-bond donors (Lipinski definition) is 2. The Hall–Kier alpha value is -1.55. The molecular weight excluding hydrogens is 310 g/mol. The Morgan fingerprint density at radius 1 is 1.39 bits per heavy atom. The lowest BCUT2D eigenvalue weighted by Crippen LogP contribution is -2.35. The molecule has 1 aromatic heterocycles. The summed E-state index contributed by atoms with van der Waals surface area (Å²) in [5, 5.41) is 11.5. The van der Waals surface area contributed by atoms with Crippen molar-refractivity contribution in [1.82, 2.24) is 15.5 Å². The third kappa shape index (κ3) is 3.86. The second-order valence-electron chi connectivity index (χ2n) is 7.00. The van der Waals surface area contributed by atoms with Gasteiger partial charge in [-0.15, -0.1) is 0 Å². The van der Waals surface area contributed by atoms with Crippen LogP contribution >= 0.6 is 11.6 Å². The van der Waals surface area contributed by atoms with Crippen LogP contribution in [0.3, 0.4) is 0 Å². The largest absolute Gasteiger partial charge is 0.348 e. The van der Waals surface area contributed by atoms with E-state index >= 15 is 0 Å². The number of rotatable bonds is 4. The number of H-pyrrole nitrogens is 1. The van der Waals surface area contributed by atoms with E-state index in [0.717, 1.165) is 29.2 Å². The van der Waals surface area contributed by atoms with Crippen molar-refractivity contribution in [3.05, 3.63) is 28.9 Å². The second-order valence-corrected chi connectivity index (χ2v) is 7.43. The van der Waals surface area contributed by atoms with Crippen molar-refractivity contribution >= 4 is 28.4 Å². The number of nitrogens with zero attached hydrogens (tertiary/aromatic N) is 1. The molecule has 3 rings (SSSR count). The molecule has 0 bridgehead atoms. The first kappa shape index (κ1) is 16.3. The van der Waals surface area contributed by atoms with Gasteiger partial charge in [-0.2, -0.15) is 5.10 Å². The first-order valence-corrected chi connectivity index (χ1v) is 8.85. The standard InChI is InChI=1S/C18H24ClN3O/c1-11-3-5-13(6-4-11)9-12(2)20-18(23)17-15-10-14(19)7-8-16(15)21-22-17/h7-8,10-13H,3-6,9H2,1-2H3,(H,20,23)(H,21,22). The SMILES string of the molecule is CC1CCC(CC(C)NC(=O)c2n[nH]c3ccc(Cl)cc23)CC1. The molecule has 4 nitrogen and oxygen atoms in total. The maximum Gasteiger partial charge on any atom is 0.272 e. The summed E-state index contributed by atoms with van der Waals surface area (Å²) in [5.74, 6) is 1.46. The van der Waals surface area contributed by atoms with E-state index in [9.17, 15) is 4.79 Å². The van der Waals surface area contributed by atoms with Crippen LogP contribution in [0.5, 0.6) is 0 Å². The van der Waals surface area contributed by atoms with Crippen LogP contribution in [0.4, 0.5) is 0 Å². The Kier molecular flexibility index (Phi) is 4.90. The van der Waals surface area contributed by atoms with E-state index in [2.05, 4.69) is 29.4 Å². The van der Waals surface area contributed by atoms with E-state index in [1.807, 2.05) is 6.07 Å². The Morgan fingerprint density at radius 2 is 2.13 bits per heavy atom. The van der Waals surface area contributed by atoms with Gasteiger partial charge in [0.25, 0.3) is 5.91 Å². The molecule has 1 amide bonds. The van der Waals surface area contributed by atoms with Gasteiger partial charge in [0.15, 0.2) is 5.69 Å². The van der Waals surface area contributed by atoms with Gasteiger partial charge < -0.3 is 5.32 Å². The maximum absolute atomic E-state index is 12.5. The number of aromatic nitrogens is 2. The molecule has 1 unspecified atom stereocenters. The minimum absolute atomic E-state index is 0.129. The highest BCUT2D eigenvalue weighted by Crippen LogP contribution is 2.31. The molecule has 1 saturated carbocycles. The summed E-state index contributed by atoms with van der Waals surface area (Å²) >= 11 is 6.03. The van der Waals surface area contributed by atoms with E-state index < -0.39 is 0 Å². The first-order chi connectivity index (χ1) is 11.0. The number of amides is 1. The molecule has 0 aliphatic heterocycles. The number of hydrogen-bond acceptors (Lipinski definition) is 2. The van der Waals surface area contributed by atoms with E-state index in [1.54, 1.807) is 12.1 Å². The van der Waals surface area contributed by atoms with Crippen molar-refractivity contribution in [3.63, 3.8) is 0 Å². The van der Waals surface area contributed by atoms with Gasteiger partial charge in [0.1, 0.15) is 0 Å². The molecule has 5 heteroatoms. The lowest BCUT2D eigenvalue weighted by atomic mass is 9.80. The van der Waals surface area contributed by atoms with Crippen molar-refractivity contribution in [2.24, 2.45) is 11.8 Å². The van der Waals surface area contributed by atoms with Gasteiger partial charge in [0.2, 0.25) is 0 Å². The number of aromatic amines is 1. The van der Waals surface area contributed by atoms with Crippen LogP contribution in [-0.2, 0) is 0 Å². The van der Waals surface area contributed by atoms with Crippen molar-refractivity contribution in [1.29, 1.82) is 0 Å². The number of fused-ring (bicyclic) bond motifs is 1. The Balaban J connectivity index is 1.62. The van der Waals surface area contributed by atoms with E-state index in [4.69, 9.17) is 11.6 Å². The predicted molar refractivity (Wildman–Crippen MR) is 93.8 cm³/mol. The van der Waals surface area contributed by atoms with Crippen molar-refractivity contribution in [2.45, 2.75) is 52.0 Å². The highest BCUT2D eigenvalue weighted by atomic mass is 35.5.